The van der Waals surface area contributed by atoms with Crippen molar-refractivity contribution in [2.75, 3.05) is 0 Å². The third-order valence-electron chi connectivity index (χ3n) is 3.15. The van der Waals surface area contributed by atoms with E-state index in [2.05, 4.69) is 0 Å². The van der Waals surface area contributed by atoms with Crippen LogP contribution < -0.4 is 0 Å². The Kier molecular flexibility index (Phi) is 3.65. The molecule has 0 bridgehead atoms. The second-order valence-corrected chi connectivity index (χ2v) is 7.44. The molecule has 0 N–H and O–H groups in total. The van der Waals surface area contributed by atoms with Crippen molar-refractivity contribution in [3.63, 3.8) is 0 Å². The summed E-state index contributed by atoms with van der Waals surface area (Å²) in [4.78, 5) is 29.4. The Morgan fingerprint density at radius 1 is 1.11 bits per heavy atom. The molecule has 18 heavy (non-hydrogen) atoms. The average Bonchev–Trinajstić information content (AvgIpc) is 2.06. The molecule has 0 amide bonds. The predicted molar refractivity (Wildman–Crippen MR) is 69.8 cm³/mol. The lowest BCUT2D eigenvalue weighted by Gasteiger charge is -2.49. The zero-order valence-corrected chi connectivity index (χ0v) is 12.6. The highest BCUT2D eigenvalue weighted by molar-refractivity contribution is 5.82. The van der Waals surface area contributed by atoms with Crippen molar-refractivity contribution < 1.29 is 14.4 Å². The molecule has 1 aliphatic rings. The fourth-order valence-corrected chi connectivity index (χ4v) is 2.46. The van der Waals surface area contributed by atoms with Gasteiger partial charge in [-0.1, -0.05) is 0 Å². The first kappa shape index (κ1) is 15.2. The lowest BCUT2D eigenvalue weighted by atomic mass is 9.81. The molecule has 1 saturated heterocycles. The number of nitrogens with zero attached hydrogens (tertiary/aromatic N) is 1. The van der Waals surface area contributed by atoms with E-state index in [1.807, 2.05) is 48.5 Å². The molecule has 1 fully saturated rings. The van der Waals surface area contributed by atoms with Crippen molar-refractivity contribution >= 4 is 11.8 Å². The molecule has 0 atom stereocenters. The van der Waals surface area contributed by atoms with Gasteiger partial charge in [-0.2, -0.15) is 0 Å². The van der Waals surface area contributed by atoms with E-state index < -0.39 is 16.5 Å². The molecule has 0 aliphatic carbocycles. The minimum atomic E-state index is -0.548. The second-order valence-electron chi connectivity index (χ2n) is 7.44. The number of carbonyl (C=O) groups is 2. The van der Waals surface area contributed by atoms with E-state index in [1.165, 1.54) is 0 Å². The molecule has 1 heterocycles. The van der Waals surface area contributed by atoms with E-state index >= 15 is 0 Å². The van der Waals surface area contributed by atoms with Crippen LogP contribution in [0.5, 0.6) is 0 Å². The van der Waals surface area contributed by atoms with Gasteiger partial charge in [-0.05, 0) is 48.5 Å². The average molecular weight is 255 g/mol. The topological polar surface area (TPSA) is 46.6 Å². The SMILES string of the molecule is CC(C)(C)C(=O)ON1C(C)(C)CC(=O)CC1(C)C. The van der Waals surface area contributed by atoms with E-state index in [9.17, 15) is 9.59 Å². The van der Waals surface area contributed by atoms with Crippen molar-refractivity contribution in [3.05, 3.63) is 0 Å². The molecule has 104 valence electrons. The molecule has 4 heteroatoms. The van der Waals surface area contributed by atoms with Crippen molar-refractivity contribution in [1.29, 1.82) is 0 Å². The molecule has 0 saturated carbocycles. The van der Waals surface area contributed by atoms with Gasteiger partial charge in [0, 0.05) is 12.8 Å². The van der Waals surface area contributed by atoms with Crippen molar-refractivity contribution in [2.24, 2.45) is 5.41 Å². The van der Waals surface area contributed by atoms with Crippen LogP contribution in [0.15, 0.2) is 0 Å². The molecule has 1 rings (SSSR count). The molecule has 0 aromatic carbocycles. The van der Waals surface area contributed by atoms with Gasteiger partial charge in [-0.15, -0.1) is 5.06 Å². The van der Waals surface area contributed by atoms with Gasteiger partial charge in [0.15, 0.2) is 0 Å². The van der Waals surface area contributed by atoms with Crippen LogP contribution in [0, 0.1) is 5.41 Å². The van der Waals surface area contributed by atoms with Crippen LogP contribution in [0.25, 0.3) is 0 Å². The number of hydrogen-bond acceptors (Lipinski definition) is 4. The standard InChI is InChI=1S/C14H25NO3/c1-12(2,3)11(17)18-15-13(4,5)8-10(16)9-14(15,6)7/h8-9H2,1-7H3. The van der Waals surface area contributed by atoms with E-state index in [0.717, 1.165) is 0 Å². The van der Waals surface area contributed by atoms with E-state index in [4.69, 9.17) is 4.84 Å². The van der Waals surface area contributed by atoms with E-state index in [-0.39, 0.29) is 11.8 Å². The first-order chi connectivity index (χ1) is 7.86. The summed E-state index contributed by atoms with van der Waals surface area (Å²) in [5, 5.41) is 1.70. The van der Waals surface area contributed by atoms with Crippen LogP contribution in [-0.2, 0) is 14.4 Å². The molecule has 0 unspecified atom stereocenters. The fraction of sp³-hybridized carbons (Fsp3) is 0.857. The smallest absolute Gasteiger partial charge is 0.330 e. The molecule has 0 radical (unpaired) electrons. The zero-order chi connectivity index (χ0) is 14.4. The Balaban J connectivity index is 2.97. The van der Waals surface area contributed by atoms with Crippen molar-refractivity contribution in [3.8, 4) is 0 Å². The zero-order valence-electron chi connectivity index (χ0n) is 12.6. The van der Waals surface area contributed by atoms with Gasteiger partial charge < -0.3 is 4.84 Å². The largest absolute Gasteiger partial charge is 0.366 e. The lowest BCUT2D eigenvalue weighted by molar-refractivity contribution is -0.267. The molecular weight excluding hydrogens is 230 g/mol. The summed E-state index contributed by atoms with van der Waals surface area (Å²) in [7, 11) is 0. The summed E-state index contributed by atoms with van der Waals surface area (Å²) in [6, 6.07) is 0. The summed E-state index contributed by atoms with van der Waals surface area (Å²) < 4.78 is 0. The van der Waals surface area contributed by atoms with Gasteiger partial charge >= 0.3 is 5.97 Å². The fourth-order valence-electron chi connectivity index (χ4n) is 2.46. The second kappa shape index (κ2) is 4.34. The number of Topliss-reactive ketones (excluding diaryl/α,β-unsaturated/α-hetero) is 1. The summed E-state index contributed by atoms with van der Waals surface area (Å²) in [6.45, 7) is 13.2. The summed E-state index contributed by atoms with van der Waals surface area (Å²) in [6.07, 6.45) is 0.821. The highest BCUT2D eigenvalue weighted by atomic mass is 16.7. The monoisotopic (exact) mass is 255 g/mol. The molecule has 0 aromatic heterocycles. The van der Waals surface area contributed by atoms with Gasteiger partial charge in [-0.25, -0.2) is 4.79 Å². The minimum absolute atomic E-state index is 0.216. The summed E-state index contributed by atoms with van der Waals surface area (Å²) in [5.41, 5.74) is -1.47. The normalized spacial score (nSPS) is 23.8. The first-order valence-electron chi connectivity index (χ1n) is 6.41. The molecule has 0 spiro atoms. The van der Waals surface area contributed by atoms with Crippen LogP contribution >= 0.6 is 0 Å². The Hall–Kier alpha value is -0.900. The van der Waals surface area contributed by atoms with Crippen LogP contribution in [0.4, 0.5) is 0 Å². The number of rotatable bonds is 1. The molecule has 1 aliphatic heterocycles. The maximum atomic E-state index is 12.0. The number of carbonyl (C=O) groups excluding carboxylic acids is 2. The number of hydrogen-bond donors (Lipinski definition) is 0. The molecular formula is C14H25NO3. The van der Waals surface area contributed by atoms with Gasteiger partial charge in [0.2, 0.25) is 0 Å². The van der Waals surface area contributed by atoms with Crippen LogP contribution in [0.2, 0.25) is 0 Å². The Bertz CT molecular complexity index is 344. The van der Waals surface area contributed by atoms with E-state index in [1.54, 1.807) is 5.06 Å². The minimum Gasteiger partial charge on any atom is -0.366 e. The van der Waals surface area contributed by atoms with Crippen LogP contribution in [0.3, 0.4) is 0 Å². The number of hydroxylamine groups is 2. The van der Waals surface area contributed by atoms with Gasteiger partial charge in [0.1, 0.15) is 5.78 Å². The van der Waals surface area contributed by atoms with Gasteiger partial charge in [-0.3, -0.25) is 4.79 Å². The van der Waals surface area contributed by atoms with Crippen LogP contribution in [-0.4, -0.2) is 27.9 Å². The number of piperidine rings is 1. The Morgan fingerprint density at radius 3 is 1.83 bits per heavy atom. The quantitative estimate of drug-likeness (QED) is 0.722. The Labute approximate surface area is 110 Å². The highest BCUT2D eigenvalue weighted by Crippen LogP contribution is 2.37. The third kappa shape index (κ3) is 3.10. The van der Waals surface area contributed by atoms with E-state index in [0.29, 0.717) is 12.8 Å². The van der Waals surface area contributed by atoms with Crippen molar-refractivity contribution in [1.82, 2.24) is 5.06 Å². The molecule has 4 nitrogen and oxygen atoms in total. The Morgan fingerprint density at radius 2 is 1.50 bits per heavy atom. The number of ketones is 1. The predicted octanol–water partition coefficient (Wildman–Crippen LogP) is 2.71. The highest BCUT2D eigenvalue weighted by Gasteiger charge is 2.48. The molecule has 0 aromatic rings. The lowest BCUT2D eigenvalue weighted by Crippen LogP contribution is -2.61. The maximum Gasteiger partial charge on any atom is 0.330 e. The van der Waals surface area contributed by atoms with Crippen LogP contribution in [0.1, 0.15) is 61.3 Å². The summed E-state index contributed by atoms with van der Waals surface area (Å²) >= 11 is 0. The maximum absolute atomic E-state index is 12.0. The van der Waals surface area contributed by atoms with Crippen molar-refractivity contribution in [2.45, 2.75) is 72.4 Å². The summed E-state index contributed by atoms with van der Waals surface area (Å²) in [5.74, 6) is -0.0499. The first-order valence-corrected chi connectivity index (χ1v) is 6.41. The van der Waals surface area contributed by atoms with Gasteiger partial charge in [0.25, 0.3) is 0 Å². The third-order valence-corrected chi connectivity index (χ3v) is 3.15. The van der Waals surface area contributed by atoms with Gasteiger partial charge in [0.05, 0.1) is 16.5 Å².